The zero-order chi connectivity index (χ0) is 18.2. The first kappa shape index (κ1) is 18.8. The molecule has 0 fully saturated rings. The first-order valence-corrected chi connectivity index (χ1v) is 8.51. The second-order valence-electron chi connectivity index (χ2n) is 6.11. The van der Waals surface area contributed by atoms with Crippen LogP contribution >= 0.6 is 0 Å². The number of carbonyl (C=O) groups excluding carboxylic acids is 1. The van der Waals surface area contributed by atoms with E-state index in [-0.39, 0.29) is 5.91 Å². The number of methoxy groups -OCH3 is 2. The van der Waals surface area contributed by atoms with Crippen LogP contribution in [0.5, 0.6) is 0 Å². The van der Waals surface area contributed by atoms with Gasteiger partial charge >= 0.3 is 0 Å². The maximum absolute atomic E-state index is 12.0. The first-order chi connectivity index (χ1) is 12.1. The van der Waals surface area contributed by atoms with Crippen molar-refractivity contribution in [3.05, 3.63) is 53.5 Å². The summed E-state index contributed by atoms with van der Waals surface area (Å²) in [4.78, 5) is 16.0. The van der Waals surface area contributed by atoms with E-state index in [9.17, 15) is 4.79 Å². The van der Waals surface area contributed by atoms with Gasteiger partial charge in [-0.2, -0.15) is 0 Å². The van der Waals surface area contributed by atoms with Crippen molar-refractivity contribution in [2.75, 3.05) is 20.8 Å². The van der Waals surface area contributed by atoms with Crippen molar-refractivity contribution in [2.45, 2.75) is 26.2 Å². The molecule has 1 aromatic heterocycles. The summed E-state index contributed by atoms with van der Waals surface area (Å²) in [7, 11) is 5.11. The number of ether oxygens (including phenoxy) is 2. The zero-order valence-corrected chi connectivity index (χ0v) is 15.4. The SMILES string of the molecule is COC1=CCC=C([C@H](C)CCCNC(=O)c2cncn2C)C=C1OC. The normalized spacial score (nSPS) is 15.4. The minimum absolute atomic E-state index is 0.0863. The molecule has 0 radical (unpaired) electrons. The van der Waals surface area contributed by atoms with E-state index in [0.717, 1.165) is 30.8 Å². The molecule has 0 spiro atoms. The molecule has 1 aromatic rings. The number of hydrogen-bond acceptors (Lipinski definition) is 4. The van der Waals surface area contributed by atoms with E-state index in [2.05, 4.69) is 23.3 Å². The van der Waals surface area contributed by atoms with Crippen LogP contribution in [0, 0.1) is 5.92 Å². The van der Waals surface area contributed by atoms with E-state index in [1.165, 1.54) is 5.57 Å². The van der Waals surface area contributed by atoms with Crippen LogP contribution in [0.2, 0.25) is 0 Å². The third-order valence-electron chi connectivity index (χ3n) is 4.36. The smallest absolute Gasteiger partial charge is 0.269 e. The monoisotopic (exact) mass is 345 g/mol. The Morgan fingerprint density at radius 3 is 2.72 bits per heavy atom. The van der Waals surface area contributed by atoms with Crippen LogP contribution in [0.4, 0.5) is 0 Å². The molecule has 1 N–H and O–H groups in total. The third-order valence-corrected chi connectivity index (χ3v) is 4.36. The van der Waals surface area contributed by atoms with Crippen LogP contribution in [0.25, 0.3) is 0 Å². The van der Waals surface area contributed by atoms with Gasteiger partial charge < -0.3 is 19.4 Å². The number of amides is 1. The molecule has 0 aliphatic heterocycles. The molecule has 0 saturated heterocycles. The van der Waals surface area contributed by atoms with E-state index in [0.29, 0.717) is 18.2 Å². The molecule has 1 amide bonds. The molecule has 0 saturated carbocycles. The highest BCUT2D eigenvalue weighted by Crippen LogP contribution is 2.26. The third kappa shape index (κ3) is 4.98. The highest BCUT2D eigenvalue weighted by Gasteiger charge is 2.14. The number of nitrogens with zero attached hydrogens (tertiary/aromatic N) is 2. The summed E-state index contributed by atoms with van der Waals surface area (Å²) >= 11 is 0. The molecule has 0 aromatic carbocycles. The van der Waals surface area contributed by atoms with Crippen LogP contribution in [-0.4, -0.2) is 36.2 Å². The second kappa shape index (κ2) is 9.11. The lowest BCUT2D eigenvalue weighted by Gasteiger charge is -2.14. The van der Waals surface area contributed by atoms with Crippen molar-refractivity contribution >= 4 is 5.91 Å². The second-order valence-corrected chi connectivity index (χ2v) is 6.11. The van der Waals surface area contributed by atoms with Crippen molar-refractivity contribution < 1.29 is 14.3 Å². The number of allylic oxidation sites excluding steroid dienone is 4. The Bertz CT molecular complexity index is 686. The van der Waals surface area contributed by atoms with Crippen molar-refractivity contribution in [1.82, 2.24) is 14.9 Å². The molecular weight excluding hydrogens is 318 g/mol. The van der Waals surface area contributed by atoms with Gasteiger partial charge in [-0.05, 0) is 42.9 Å². The molecule has 6 nitrogen and oxygen atoms in total. The van der Waals surface area contributed by atoms with E-state index in [4.69, 9.17) is 9.47 Å². The van der Waals surface area contributed by atoms with Gasteiger partial charge in [-0.25, -0.2) is 4.98 Å². The van der Waals surface area contributed by atoms with Gasteiger partial charge in [0.2, 0.25) is 0 Å². The summed E-state index contributed by atoms with van der Waals surface area (Å²) in [5, 5.41) is 2.94. The molecule has 136 valence electrons. The number of imidazole rings is 1. The van der Waals surface area contributed by atoms with Gasteiger partial charge in [0.25, 0.3) is 5.91 Å². The lowest BCUT2D eigenvalue weighted by Crippen LogP contribution is -2.26. The molecule has 1 atom stereocenters. The summed E-state index contributed by atoms with van der Waals surface area (Å²) < 4.78 is 12.5. The first-order valence-electron chi connectivity index (χ1n) is 8.51. The van der Waals surface area contributed by atoms with Gasteiger partial charge in [0, 0.05) is 13.6 Å². The Labute approximate surface area is 149 Å². The Morgan fingerprint density at radius 1 is 1.32 bits per heavy atom. The molecule has 0 bridgehead atoms. The summed E-state index contributed by atoms with van der Waals surface area (Å²) in [6.07, 6.45) is 12.2. The lowest BCUT2D eigenvalue weighted by molar-refractivity contribution is 0.0944. The number of carbonyl (C=O) groups is 1. The molecule has 0 unspecified atom stereocenters. The summed E-state index contributed by atoms with van der Waals surface area (Å²) in [6, 6.07) is 0. The van der Waals surface area contributed by atoms with E-state index in [1.807, 2.05) is 19.2 Å². The topological polar surface area (TPSA) is 65.4 Å². The van der Waals surface area contributed by atoms with Crippen molar-refractivity contribution in [1.29, 1.82) is 0 Å². The van der Waals surface area contributed by atoms with E-state index < -0.39 is 0 Å². The van der Waals surface area contributed by atoms with Crippen LogP contribution in [-0.2, 0) is 16.5 Å². The fourth-order valence-corrected chi connectivity index (χ4v) is 2.81. The summed E-state index contributed by atoms with van der Waals surface area (Å²) in [5.74, 6) is 1.81. The quantitative estimate of drug-likeness (QED) is 0.736. The number of rotatable bonds is 8. The van der Waals surface area contributed by atoms with Gasteiger partial charge in [0.15, 0.2) is 11.5 Å². The van der Waals surface area contributed by atoms with Crippen LogP contribution in [0.15, 0.2) is 47.8 Å². The number of aromatic nitrogens is 2. The van der Waals surface area contributed by atoms with Gasteiger partial charge in [-0.3, -0.25) is 4.79 Å². The van der Waals surface area contributed by atoms with Crippen molar-refractivity contribution in [3.63, 3.8) is 0 Å². The minimum Gasteiger partial charge on any atom is -0.493 e. The predicted molar refractivity (Wildman–Crippen MR) is 96.8 cm³/mol. The van der Waals surface area contributed by atoms with Gasteiger partial charge in [0.1, 0.15) is 5.69 Å². The summed E-state index contributed by atoms with van der Waals surface area (Å²) in [6.45, 7) is 2.83. The Hall–Kier alpha value is -2.50. The number of hydrogen-bond donors (Lipinski definition) is 1. The van der Waals surface area contributed by atoms with Crippen molar-refractivity contribution in [2.24, 2.45) is 13.0 Å². The maximum Gasteiger partial charge on any atom is 0.269 e. The molecule has 6 heteroatoms. The Balaban J connectivity index is 1.82. The van der Waals surface area contributed by atoms with Crippen molar-refractivity contribution in [3.8, 4) is 0 Å². The van der Waals surface area contributed by atoms with Gasteiger partial charge in [-0.15, -0.1) is 0 Å². The number of aryl methyl sites for hydroxylation is 1. The van der Waals surface area contributed by atoms with Crippen LogP contribution in [0.3, 0.4) is 0 Å². The van der Waals surface area contributed by atoms with Crippen LogP contribution < -0.4 is 5.32 Å². The Kier molecular flexibility index (Phi) is 6.86. The maximum atomic E-state index is 12.0. The average Bonchev–Trinajstić information content (AvgIpc) is 2.93. The fourth-order valence-electron chi connectivity index (χ4n) is 2.81. The molecule has 2 rings (SSSR count). The zero-order valence-electron chi connectivity index (χ0n) is 15.4. The minimum atomic E-state index is -0.0863. The molecule has 25 heavy (non-hydrogen) atoms. The Morgan fingerprint density at radius 2 is 2.08 bits per heavy atom. The lowest BCUT2D eigenvalue weighted by atomic mass is 9.95. The molecule has 1 heterocycles. The van der Waals surface area contributed by atoms with E-state index >= 15 is 0 Å². The van der Waals surface area contributed by atoms with E-state index in [1.54, 1.807) is 31.3 Å². The van der Waals surface area contributed by atoms with Crippen LogP contribution in [0.1, 0.15) is 36.7 Å². The highest BCUT2D eigenvalue weighted by molar-refractivity contribution is 5.92. The van der Waals surface area contributed by atoms with Gasteiger partial charge in [-0.1, -0.05) is 13.0 Å². The number of nitrogens with one attached hydrogen (secondary N) is 1. The average molecular weight is 345 g/mol. The summed E-state index contributed by atoms with van der Waals surface area (Å²) in [5.41, 5.74) is 1.81. The fraction of sp³-hybridized carbons (Fsp3) is 0.474. The molecule has 1 aliphatic carbocycles. The molecular formula is C19H27N3O3. The predicted octanol–water partition coefficient (Wildman–Crippen LogP) is 2.96. The molecule has 1 aliphatic rings. The largest absolute Gasteiger partial charge is 0.493 e. The standard InChI is InChI=1S/C19H27N3O3/c1-14(15-8-5-9-17(24-3)18(11-15)25-4)7-6-10-21-19(23)16-12-20-13-22(16)2/h8-9,11-14H,5-7,10H2,1-4H3,(H,21,23)/t14-/m1/s1. The highest BCUT2D eigenvalue weighted by atomic mass is 16.5. The van der Waals surface area contributed by atoms with Gasteiger partial charge in [0.05, 0.1) is 26.7 Å².